The van der Waals surface area contributed by atoms with Crippen LogP contribution < -0.4 is 5.49 Å². The van der Waals surface area contributed by atoms with Gasteiger partial charge < -0.3 is 0 Å². The fourth-order valence-electron chi connectivity index (χ4n) is 3.25. The van der Waals surface area contributed by atoms with Gasteiger partial charge in [-0.15, -0.1) is 0 Å². The van der Waals surface area contributed by atoms with Gasteiger partial charge in [-0.2, -0.15) is 0 Å². The topological polar surface area (TPSA) is 71.7 Å². The zero-order valence-electron chi connectivity index (χ0n) is 15.7. The molecule has 0 N–H and O–H groups in total. The molecule has 0 atom stereocenters. The standard InChI is InChI=1S/C20H25N3O3S/c1-22(2)27(25,26)18-12-8-9-16(15-18)20(24)23-14-7-6-13-19(23)21-17-10-4-3-5-11-17/h6-9,12-15,17H,3-5,10-11H2,1-2H3. The molecule has 144 valence electrons. The van der Waals surface area contributed by atoms with Gasteiger partial charge in [0.15, 0.2) is 0 Å². The minimum absolute atomic E-state index is 0.0978. The summed E-state index contributed by atoms with van der Waals surface area (Å²) in [5, 5.41) is 0. The smallest absolute Gasteiger partial charge is 0.263 e. The fourth-order valence-corrected chi connectivity index (χ4v) is 4.20. The van der Waals surface area contributed by atoms with Crippen LogP contribution in [0.1, 0.15) is 42.5 Å². The van der Waals surface area contributed by atoms with Gasteiger partial charge in [0.2, 0.25) is 10.0 Å². The van der Waals surface area contributed by atoms with Gasteiger partial charge in [-0.3, -0.25) is 14.4 Å². The molecule has 27 heavy (non-hydrogen) atoms. The summed E-state index contributed by atoms with van der Waals surface area (Å²) in [4.78, 5) is 17.9. The SMILES string of the molecule is CN(C)S(=O)(=O)c1cccc(C(=O)n2ccccc2=NC2CCCCC2)c1. The molecule has 7 heteroatoms. The number of benzene rings is 1. The Morgan fingerprint density at radius 3 is 2.52 bits per heavy atom. The van der Waals surface area contributed by atoms with E-state index >= 15 is 0 Å². The summed E-state index contributed by atoms with van der Waals surface area (Å²) >= 11 is 0. The van der Waals surface area contributed by atoms with Gasteiger partial charge in [-0.05, 0) is 43.2 Å². The first kappa shape index (κ1) is 19.5. The molecule has 2 aromatic rings. The molecule has 1 aromatic carbocycles. The van der Waals surface area contributed by atoms with Crippen LogP contribution in [0.15, 0.2) is 58.5 Å². The van der Waals surface area contributed by atoms with Crippen LogP contribution >= 0.6 is 0 Å². The molecule has 0 amide bonds. The van der Waals surface area contributed by atoms with Crippen molar-refractivity contribution < 1.29 is 13.2 Å². The van der Waals surface area contributed by atoms with E-state index in [1.165, 1.54) is 50.1 Å². The molecule has 0 aliphatic heterocycles. The predicted molar refractivity (Wildman–Crippen MR) is 104 cm³/mol. The highest BCUT2D eigenvalue weighted by molar-refractivity contribution is 7.89. The Balaban J connectivity index is 1.99. The maximum absolute atomic E-state index is 13.1. The van der Waals surface area contributed by atoms with E-state index in [1.54, 1.807) is 24.4 Å². The van der Waals surface area contributed by atoms with Crippen molar-refractivity contribution in [2.24, 2.45) is 4.99 Å². The second-order valence-electron chi connectivity index (χ2n) is 6.97. The molecule has 1 aliphatic carbocycles. The molecule has 0 radical (unpaired) electrons. The Kier molecular flexibility index (Phi) is 5.92. The largest absolute Gasteiger partial charge is 0.268 e. The summed E-state index contributed by atoms with van der Waals surface area (Å²) in [6, 6.07) is 11.8. The highest BCUT2D eigenvalue weighted by atomic mass is 32.2. The molecule has 0 unspecified atom stereocenters. The Labute approximate surface area is 160 Å². The van der Waals surface area contributed by atoms with E-state index in [-0.39, 0.29) is 16.8 Å². The summed E-state index contributed by atoms with van der Waals surface area (Å²) in [5.41, 5.74) is 0.921. The van der Waals surface area contributed by atoms with E-state index in [9.17, 15) is 13.2 Å². The van der Waals surface area contributed by atoms with Gasteiger partial charge in [0.05, 0.1) is 10.9 Å². The molecule has 1 saturated carbocycles. The molecule has 0 spiro atoms. The summed E-state index contributed by atoms with van der Waals surface area (Å²) in [6.07, 6.45) is 7.34. The van der Waals surface area contributed by atoms with Crippen molar-refractivity contribution in [2.45, 2.75) is 43.0 Å². The van der Waals surface area contributed by atoms with E-state index in [0.717, 1.165) is 17.1 Å². The minimum Gasteiger partial charge on any atom is -0.268 e. The second-order valence-corrected chi connectivity index (χ2v) is 9.12. The molecule has 3 rings (SSSR count). The normalized spacial score (nSPS) is 16.6. The lowest BCUT2D eigenvalue weighted by Gasteiger charge is -2.18. The van der Waals surface area contributed by atoms with Crippen LogP contribution in [0.2, 0.25) is 0 Å². The number of rotatable bonds is 4. The number of sulfonamides is 1. The molecular weight excluding hydrogens is 362 g/mol. The fraction of sp³-hybridized carbons (Fsp3) is 0.400. The number of carbonyl (C=O) groups excluding carboxylic acids is 1. The zero-order chi connectivity index (χ0) is 19.4. The lowest BCUT2D eigenvalue weighted by Crippen LogP contribution is -2.29. The van der Waals surface area contributed by atoms with Crippen LogP contribution in [0.4, 0.5) is 0 Å². The van der Waals surface area contributed by atoms with E-state index in [4.69, 9.17) is 4.99 Å². The van der Waals surface area contributed by atoms with E-state index < -0.39 is 10.0 Å². The highest BCUT2D eigenvalue weighted by Crippen LogP contribution is 2.20. The molecule has 1 fully saturated rings. The van der Waals surface area contributed by atoms with Crippen molar-refractivity contribution in [3.8, 4) is 0 Å². The first-order valence-electron chi connectivity index (χ1n) is 9.18. The number of hydrogen-bond acceptors (Lipinski definition) is 4. The van der Waals surface area contributed by atoms with Gasteiger partial charge in [0, 0.05) is 25.9 Å². The average Bonchev–Trinajstić information content (AvgIpc) is 2.68. The Morgan fingerprint density at radius 2 is 1.81 bits per heavy atom. The summed E-state index contributed by atoms with van der Waals surface area (Å²) in [7, 11) is -0.661. The Bertz CT molecular complexity index is 987. The third-order valence-corrected chi connectivity index (χ3v) is 6.62. The minimum atomic E-state index is -3.60. The number of nitrogens with zero attached hydrogens (tertiary/aromatic N) is 3. The third kappa shape index (κ3) is 4.36. The number of hydrogen-bond donors (Lipinski definition) is 0. The van der Waals surface area contributed by atoms with Gasteiger partial charge in [0.1, 0.15) is 5.49 Å². The maximum Gasteiger partial charge on any atom is 0.263 e. The zero-order valence-corrected chi connectivity index (χ0v) is 16.5. The van der Waals surface area contributed by atoms with Crippen molar-refractivity contribution in [3.05, 3.63) is 59.7 Å². The first-order valence-corrected chi connectivity index (χ1v) is 10.6. The first-order chi connectivity index (χ1) is 12.9. The Hall–Kier alpha value is -2.25. The number of carbonyl (C=O) groups is 1. The summed E-state index contributed by atoms with van der Waals surface area (Å²) in [5.74, 6) is -0.291. The van der Waals surface area contributed by atoms with Gasteiger partial charge >= 0.3 is 0 Å². The maximum atomic E-state index is 13.1. The van der Waals surface area contributed by atoms with Gasteiger partial charge in [-0.1, -0.05) is 31.4 Å². The molecular formula is C20H25N3O3S. The number of pyridine rings is 1. The van der Waals surface area contributed by atoms with Crippen molar-refractivity contribution in [1.29, 1.82) is 0 Å². The molecule has 1 aliphatic rings. The lowest BCUT2D eigenvalue weighted by atomic mass is 9.96. The van der Waals surface area contributed by atoms with Crippen LogP contribution in [-0.4, -0.2) is 43.3 Å². The van der Waals surface area contributed by atoms with E-state index in [0.29, 0.717) is 11.1 Å². The van der Waals surface area contributed by atoms with Gasteiger partial charge in [0.25, 0.3) is 5.91 Å². The molecule has 1 aromatic heterocycles. The van der Waals surface area contributed by atoms with Crippen LogP contribution in [0, 0.1) is 0 Å². The average molecular weight is 388 g/mol. The molecule has 6 nitrogen and oxygen atoms in total. The summed E-state index contributed by atoms with van der Waals surface area (Å²) < 4.78 is 27.4. The molecule has 0 saturated heterocycles. The Morgan fingerprint density at radius 1 is 1.07 bits per heavy atom. The quantitative estimate of drug-likeness (QED) is 0.810. The van der Waals surface area contributed by atoms with Crippen LogP contribution in [-0.2, 0) is 10.0 Å². The van der Waals surface area contributed by atoms with Crippen LogP contribution in [0.25, 0.3) is 0 Å². The predicted octanol–water partition coefficient (Wildman–Crippen LogP) is 2.66. The van der Waals surface area contributed by atoms with E-state index in [1.807, 2.05) is 12.1 Å². The van der Waals surface area contributed by atoms with E-state index in [2.05, 4.69) is 0 Å². The molecule has 1 heterocycles. The van der Waals surface area contributed by atoms with Crippen molar-refractivity contribution in [3.63, 3.8) is 0 Å². The van der Waals surface area contributed by atoms with Crippen molar-refractivity contribution in [2.75, 3.05) is 14.1 Å². The lowest BCUT2D eigenvalue weighted by molar-refractivity contribution is 0.0954. The van der Waals surface area contributed by atoms with Crippen molar-refractivity contribution >= 4 is 15.9 Å². The second kappa shape index (κ2) is 8.19. The van der Waals surface area contributed by atoms with Crippen LogP contribution in [0.5, 0.6) is 0 Å². The number of aromatic nitrogens is 1. The third-order valence-electron chi connectivity index (χ3n) is 4.81. The van der Waals surface area contributed by atoms with Crippen LogP contribution in [0.3, 0.4) is 0 Å². The van der Waals surface area contributed by atoms with Crippen molar-refractivity contribution in [1.82, 2.24) is 8.87 Å². The van der Waals surface area contributed by atoms with Gasteiger partial charge in [-0.25, -0.2) is 12.7 Å². The monoisotopic (exact) mass is 387 g/mol. The summed E-state index contributed by atoms with van der Waals surface area (Å²) in [6.45, 7) is 0. The highest BCUT2D eigenvalue weighted by Gasteiger charge is 2.19. The molecule has 0 bridgehead atoms.